The first-order valence-electron chi connectivity index (χ1n) is 7.18. The van der Waals surface area contributed by atoms with E-state index >= 15 is 0 Å². The van der Waals surface area contributed by atoms with Crippen LogP contribution in [0.25, 0.3) is 11.0 Å². The maximum absolute atomic E-state index is 6.11. The SMILES string of the molecule is COC1CCCC1n1c(C)c(C)c2c(N)nc(C)nc21. The van der Waals surface area contributed by atoms with Crippen LogP contribution in [0.5, 0.6) is 0 Å². The monoisotopic (exact) mass is 274 g/mol. The van der Waals surface area contributed by atoms with Crippen LogP contribution in [0.1, 0.15) is 42.4 Å². The van der Waals surface area contributed by atoms with Crippen molar-refractivity contribution in [3.63, 3.8) is 0 Å². The molecule has 0 bridgehead atoms. The third-order valence-corrected chi connectivity index (χ3v) is 4.59. The van der Waals surface area contributed by atoms with Crippen LogP contribution in [0.4, 0.5) is 5.82 Å². The number of ether oxygens (including phenoxy) is 1. The molecule has 2 aromatic heterocycles. The van der Waals surface area contributed by atoms with Gasteiger partial charge in [-0.1, -0.05) is 0 Å². The minimum atomic E-state index is 0.264. The lowest BCUT2D eigenvalue weighted by Gasteiger charge is -2.22. The lowest BCUT2D eigenvalue weighted by Crippen LogP contribution is -2.21. The molecule has 20 heavy (non-hydrogen) atoms. The van der Waals surface area contributed by atoms with Crippen molar-refractivity contribution >= 4 is 16.9 Å². The van der Waals surface area contributed by atoms with Gasteiger partial charge in [0.05, 0.1) is 17.5 Å². The molecule has 2 atom stereocenters. The molecule has 1 fully saturated rings. The molecule has 0 aromatic carbocycles. The Bertz CT molecular complexity index is 662. The second kappa shape index (κ2) is 4.74. The molecule has 0 amide bonds. The van der Waals surface area contributed by atoms with Crippen molar-refractivity contribution in [1.82, 2.24) is 14.5 Å². The lowest BCUT2D eigenvalue weighted by molar-refractivity contribution is 0.0756. The average molecular weight is 274 g/mol. The van der Waals surface area contributed by atoms with Crippen LogP contribution in [0.15, 0.2) is 0 Å². The van der Waals surface area contributed by atoms with Crippen LogP contribution in [0, 0.1) is 20.8 Å². The number of aryl methyl sites for hydroxylation is 2. The first kappa shape index (κ1) is 13.4. The molecule has 1 aliphatic carbocycles. The number of hydrogen-bond donors (Lipinski definition) is 1. The fourth-order valence-electron chi connectivity index (χ4n) is 3.52. The fourth-order valence-corrected chi connectivity index (χ4v) is 3.52. The molecule has 1 aliphatic rings. The summed E-state index contributed by atoms with van der Waals surface area (Å²) in [6.45, 7) is 6.12. The van der Waals surface area contributed by atoms with Gasteiger partial charge in [-0.2, -0.15) is 0 Å². The average Bonchev–Trinajstić information content (AvgIpc) is 2.93. The van der Waals surface area contributed by atoms with Crippen molar-refractivity contribution in [3.05, 3.63) is 17.1 Å². The van der Waals surface area contributed by atoms with Gasteiger partial charge in [0, 0.05) is 12.8 Å². The molecule has 1 saturated carbocycles. The van der Waals surface area contributed by atoms with Gasteiger partial charge in [-0.3, -0.25) is 0 Å². The number of nitrogens with two attached hydrogens (primary N) is 1. The Hall–Kier alpha value is -1.62. The summed E-state index contributed by atoms with van der Waals surface area (Å²) >= 11 is 0. The zero-order chi connectivity index (χ0) is 14.4. The van der Waals surface area contributed by atoms with Crippen LogP contribution in [0.3, 0.4) is 0 Å². The second-order valence-corrected chi connectivity index (χ2v) is 5.71. The van der Waals surface area contributed by atoms with E-state index in [2.05, 4.69) is 28.4 Å². The van der Waals surface area contributed by atoms with E-state index < -0.39 is 0 Å². The summed E-state index contributed by atoms with van der Waals surface area (Å²) in [5.74, 6) is 1.31. The number of fused-ring (bicyclic) bond motifs is 1. The van der Waals surface area contributed by atoms with Gasteiger partial charge >= 0.3 is 0 Å². The van der Waals surface area contributed by atoms with E-state index in [-0.39, 0.29) is 6.10 Å². The number of rotatable bonds is 2. The summed E-state index contributed by atoms with van der Waals surface area (Å²) in [4.78, 5) is 8.95. The van der Waals surface area contributed by atoms with Gasteiger partial charge in [-0.25, -0.2) is 9.97 Å². The molecule has 0 aliphatic heterocycles. The highest BCUT2D eigenvalue weighted by atomic mass is 16.5. The van der Waals surface area contributed by atoms with Crippen LogP contribution in [-0.2, 0) is 4.74 Å². The number of nitrogens with zero attached hydrogens (tertiary/aromatic N) is 3. The van der Waals surface area contributed by atoms with Crippen LogP contribution < -0.4 is 5.73 Å². The van der Waals surface area contributed by atoms with Crippen molar-refractivity contribution in [2.45, 2.75) is 52.2 Å². The number of anilines is 1. The number of methoxy groups -OCH3 is 1. The molecule has 3 rings (SSSR count). The van der Waals surface area contributed by atoms with Crippen LogP contribution in [-0.4, -0.2) is 27.7 Å². The Labute approximate surface area is 119 Å². The van der Waals surface area contributed by atoms with Crippen LogP contribution >= 0.6 is 0 Å². The van der Waals surface area contributed by atoms with Gasteiger partial charge in [0.2, 0.25) is 0 Å². The molecule has 5 nitrogen and oxygen atoms in total. The molecule has 0 spiro atoms. The van der Waals surface area contributed by atoms with Gasteiger partial charge < -0.3 is 15.0 Å². The van der Waals surface area contributed by atoms with E-state index in [9.17, 15) is 0 Å². The minimum absolute atomic E-state index is 0.264. The summed E-state index contributed by atoms with van der Waals surface area (Å²) in [7, 11) is 1.80. The Morgan fingerprint density at radius 1 is 1.20 bits per heavy atom. The Kier molecular flexibility index (Phi) is 3.17. The number of hydrogen-bond acceptors (Lipinski definition) is 4. The van der Waals surface area contributed by atoms with Crippen LogP contribution in [0.2, 0.25) is 0 Å². The Morgan fingerprint density at radius 2 is 1.95 bits per heavy atom. The normalized spacial score (nSPS) is 22.8. The Balaban J connectivity index is 2.27. The smallest absolute Gasteiger partial charge is 0.146 e. The number of aromatic nitrogens is 3. The van der Waals surface area contributed by atoms with Gasteiger partial charge in [0.15, 0.2) is 0 Å². The van der Waals surface area contributed by atoms with Crippen molar-refractivity contribution < 1.29 is 4.74 Å². The molecule has 2 N–H and O–H groups in total. The van der Waals surface area contributed by atoms with E-state index in [1.165, 1.54) is 17.7 Å². The third-order valence-electron chi connectivity index (χ3n) is 4.59. The molecular weight excluding hydrogens is 252 g/mol. The first-order valence-corrected chi connectivity index (χ1v) is 7.18. The molecule has 0 radical (unpaired) electrons. The van der Waals surface area contributed by atoms with Crippen molar-refractivity contribution in [3.8, 4) is 0 Å². The molecule has 0 saturated heterocycles. The third kappa shape index (κ3) is 1.80. The topological polar surface area (TPSA) is 66.0 Å². The van der Waals surface area contributed by atoms with E-state index in [4.69, 9.17) is 10.5 Å². The summed E-state index contributed by atoms with van der Waals surface area (Å²) in [5.41, 5.74) is 9.47. The summed E-state index contributed by atoms with van der Waals surface area (Å²) < 4.78 is 7.97. The summed E-state index contributed by atoms with van der Waals surface area (Å²) in [5, 5.41) is 0.995. The predicted octanol–water partition coefficient (Wildman–Crippen LogP) is 2.68. The lowest BCUT2D eigenvalue weighted by atomic mass is 10.2. The zero-order valence-electron chi connectivity index (χ0n) is 12.6. The highest BCUT2D eigenvalue weighted by Crippen LogP contribution is 2.38. The van der Waals surface area contributed by atoms with E-state index in [0.29, 0.717) is 11.9 Å². The van der Waals surface area contributed by atoms with Gasteiger partial charge in [0.1, 0.15) is 17.3 Å². The number of nitrogen functional groups attached to an aromatic ring is 1. The molecule has 2 unspecified atom stereocenters. The quantitative estimate of drug-likeness (QED) is 0.914. The largest absolute Gasteiger partial charge is 0.383 e. The maximum atomic E-state index is 6.11. The fraction of sp³-hybridized carbons (Fsp3) is 0.600. The molecule has 5 heteroatoms. The van der Waals surface area contributed by atoms with Gasteiger partial charge in [0.25, 0.3) is 0 Å². The molecule has 2 aromatic rings. The maximum Gasteiger partial charge on any atom is 0.146 e. The standard InChI is InChI=1S/C15H22N4O/c1-8-9(2)19(11-6-5-7-12(11)20-4)15-13(8)14(16)17-10(3)18-15/h11-12H,5-7H2,1-4H3,(H2,16,17,18). The molecule has 2 heterocycles. The van der Waals surface area contributed by atoms with Crippen molar-refractivity contribution in [2.75, 3.05) is 12.8 Å². The first-order chi connectivity index (χ1) is 9.54. The summed E-state index contributed by atoms with van der Waals surface area (Å²) in [6, 6.07) is 0.352. The van der Waals surface area contributed by atoms with E-state index in [1.807, 2.05) is 6.92 Å². The molecule has 108 valence electrons. The highest BCUT2D eigenvalue weighted by molar-refractivity contribution is 5.91. The Morgan fingerprint density at radius 3 is 2.65 bits per heavy atom. The van der Waals surface area contributed by atoms with Gasteiger partial charge in [-0.15, -0.1) is 0 Å². The zero-order valence-corrected chi connectivity index (χ0v) is 12.6. The van der Waals surface area contributed by atoms with Gasteiger partial charge in [-0.05, 0) is 45.6 Å². The van der Waals surface area contributed by atoms with E-state index in [0.717, 1.165) is 29.7 Å². The second-order valence-electron chi connectivity index (χ2n) is 5.71. The molecular formula is C15H22N4O. The predicted molar refractivity (Wildman–Crippen MR) is 79.8 cm³/mol. The van der Waals surface area contributed by atoms with Crippen molar-refractivity contribution in [1.29, 1.82) is 0 Å². The minimum Gasteiger partial charge on any atom is -0.383 e. The van der Waals surface area contributed by atoms with Crippen molar-refractivity contribution in [2.24, 2.45) is 0 Å². The van der Waals surface area contributed by atoms with E-state index in [1.54, 1.807) is 7.11 Å². The highest BCUT2D eigenvalue weighted by Gasteiger charge is 2.32. The summed E-state index contributed by atoms with van der Waals surface area (Å²) in [6.07, 6.45) is 3.70.